The van der Waals surface area contributed by atoms with Crippen LogP contribution < -0.4 is 5.32 Å². The molecule has 5 heteroatoms. The number of nitrogens with zero attached hydrogens (tertiary/aromatic N) is 2. The van der Waals surface area contributed by atoms with Crippen LogP contribution in [0.1, 0.15) is 64.4 Å². The minimum absolute atomic E-state index is 0.0822. The Balaban J connectivity index is 1.32. The Hall–Kier alpha value is -2.17. The van der Waals surface area contributed by atoms with E-state index < -0.39 is 0 Å². The molecule has 3 aliphatic carbocycles. The van der Waals surface area contributed by atoms with Crippen molar-refractivity contribution in [3.63, 3.8) is 0 Å². The van der Waals surface area contributed by atoms with Gasteiger partial charge in [0.15, 0.2) is 0 Å². The van der Waals surface area contributed by atoms with Gasteiger partial charge in [0.1, 0.15) is 5.82 Å². The Labute approximate surface area is 192 Å². The zero-order valence-electron chi connectivity index (χ0n) is 19.9. The van der Waals surface area contributed by atoms with Crippen LogP contribution in [0, 0.1) is 41.4 Å². The monoisotopic (exact) mass is 435 g/mol. The van der Waals surface area contributed by atoms with Crippen molar-refractivity contribution in [1.82, 2.24) is 9.88 Å². The summed E-state index contributed by atoms with van der Waals surface area (Å²) in [6.07, 6.45) is 13.5. The summed E-state index contributed by atoms with van der Waals surface area (Å²) < 4.78 is 0. The van der Waals surface area contributed by atoms with E-state index in [1.165, 1.54) is 25.7 Å². The second kappa shape index (κ2) is 7.71. The first-order valence-electron chi connectivity index (χ1n) is 12.4. The fourth-order valence-electron chi connectivity index (χ4n) is 8.21. The van der Waals surface area contributed by atoms with E-state index in [4.69, 9.17) is 0 Å². The number of fused-ring (bicyclic) bond motifs is 5. The highest BCUT2D eigenvalue weighted by atomic mass is 16.2. The van der Waals surface area contributed by atoms with Crippen LogP contribution in [0.5, 0.6) is 0 Å². The summed E-state index contributed by atoms with van der Waals surface area (Å²) >= 11 is 0. The lowest BCUT2D eigenvalue weighted by atomic mass is 9.47. The second-order valence-corrected chi connectivity index (χ2v) is 11.4. The molecule has 3 saturated carbocycles. The standard InChI is InChI=1S/C27H37N3O2/c1-17-6-5-15-28-25(17)29-23(31)16-18-7-9-20-19-8-10-22-27(3,14-12-24(32)30(22)4)21(19)11-13-26(18,20)2/h5-6,12,14-15,18-22H,7-11,13,16H2,1-4H3,(H,28,29,31)/t18-,19?,20?,21?,22?,26-,27-/m1/s1. The third-order valence-electron chi connectivity index (χ3n) is 10.0. The number of pyridine rings is 1. The number of amides is 2. The van der Waals surface area contributed by atoms with Crippen LogP contribution >= 0.6 is 0 Å². The minimum atomic E-state index is 0.0822. The lowest BCUT2D eigenvalue weighted by molar-refractivity contribution is -0.139. The molecule has 2 heterocycles. The van der Waals surface area contributed by atoms with Crippen molar-refractivity contribution in [2.75, 3.05) is 12.4 Å². The van der Waals surface area contributed by atoms with Gasteiger partial charge in [0, 0.05) is 31.1 Å². The minimum Gasteiger partial charge on any atom is -0.338 e. The zero-order chi connectivity index (χ0) is 22.7. The fourth-order valence-corrected chi connectivity index (χ4v) is 8.21. The summed E-state index contributed by atoms with van der Waals surface area (Å²) in [5, 5.41) is 3.06. The van der Waals surface area contributed by atoms with Crippen LogP contribution in [0.3, 0.4) is 0 Å². The number of nitrogens with one attached hydrogen (secondary N) is 1. The van der Waals surface area contributed by atoms with Gasteiger partial charge in [-0.1, -0.05) is 26.0 Å². The van der Waals surface area contributed by atoms with Crippen LogP contribution in [-0.2, 0) is 9.59 Å². The first-order chi connectivity index (χ1) is 15.2. The highest BCUT2D eigenvalue weighted by molar-refractivity contribution is 5.90. The smallest absolute Gasteiger partial charge is 0.246 e. The number of hydrogen-bond donors (Lipinski definition) is 1. The molecule has 0 radical (unpaired) electrons. The van der Waals surface area contributed by atoms with E-state index in [0.29, 0.717) is 42.0 Å². The second-order valence-electron chi connectivity index (χ2n) is 11.4. The molecule has 7 atom stereocenters. The molecule has 32 heavy (non-hydrogen) atoms. The van der Waals surface area contributed by atoms with E-state index in [-0.39, 0.29) is 22.6 Å². The molecule has 1 aliphatic heterocycles. The zero-order valence-corrected chi connectivity index (χ0v) is 19.9. The van der Waals surface area contributed by atoms with Crippen molar-refractivity contribution in [2.24, 2.45) is 34.5 Å². The van der Waals surface area contributed by atoms with Crippen LogP contribution in [0.25, 0.3) is 0 Å². The van der Waals surface area contributed by atoms with Gasteiger partial charge in [-0.15, -0.1) is 0 Å². The van der Waals surface area contributed by atoms with Crippen molar-refractivity contribution in [1.29, 1.82) is 0 Å². The number of aryl methyl sites for hydroxylation is 1. The molecule has 4 aliphatic rings. The van der Waals surface area contributed by atoms with Crippen LogP contribution in [0.4, 0.5) is 5.82 Å². The fraction of sp³-hybridized carbons (Fsp3) is 0.667. The Morgan fingerprint density at radius 1 is 1.19 bits per heavy atom. The SMILES string of the molecule is Cc1cccnc1NC(=O)C[C@H]1CCC2C3CCC4N(C)C(=O)C=C[C@]4(C)C3CC[C@@]21C. The first-order valence-corrected chi connectivity index (χ1v) is 12.4. The maximum Gasteiger partial charge on any atom is 0.246 e. The molecule has 4 unspecified atom stereocenters. The van der Waals surface area contributed by atoms with E-state index in [9.17, 15) is 9.59 Å². The normalized spacial score (nSPS) is 40.4. The Morgan fingerprint density at radius 2 is 2.00 bits per heavy atom. The van der Waals surface area contributed by atoms with Gasteiger partial charge < -0.3 is 10.2 Å². The summed E-state index contributed by atoms with van der Waals surface area (Å²) in [6, 6.07) is 4.21. The molecule has 3 fully saturated rings. The van der Waals surface area contributed by atoms with Crippen molar-refractivity contribution < 1.29 is 9.59 Å². The van der Waals surface area contributed by atoms with Gasteiger partial charge >= 0.3 is 0 Å². The molecular weight excluding hydrogens is 398 g/mol. The molecular formula is C27H37N3O2. The highest BCUT2D eigenvalue weighted by Gasteiger charge is 2.60. The predicted octanol–water partition coefficient (Wildman–Crippen LogP) is 4.97. The number of carbonyl (C=O) groups is 2. The number of rotatable bonds is 3. The maximum atomic E-state index is 12.9. The Bertz CT molecular complexity index is 958. The number of aromatic nitrogens is 1. The van der Waals surface area contributed by atoms with Gasteiger partial charge in [-0.3, -0.25) is 9.59 Å². The predicted molar refractivity (Wildman–Crippen MR) is 126 cm³/mol. The Morgan fingerprint density at radius 3 is 2.78 bits per heavy atom. The van der Waals surface area contributed by atoms with E-state index in [1.54, 1.807) is 6.20 Å². The average Bonchev–Trinajstić information content (AvgIpc) is 3.09. The third kappa shape index (κ3) is 3.22. The van der Waals surface area contributed by atoms with E-state index in [1.807, 2.05) is 37.1 Å². The van der Waals surface area contributed by atoms with Gasteiger partial charge in [-0.05, 0) is 92.2 Å². The molecule has 5 nitrogen and oxygen atoms in total. The largest absolute Gasteiger partial charge is 0.338 e. The van der Waals surface area contributed by atoms with Crippen LogP contribution in [0.15, 0.2) is 30.5 Å². The lowest BCUT2D eigenvalue weighted by Gasteiger charge is -2.60. The summed E-state index contributed by atoms with van der Waals surface area (Å²) in [5.41, 5.74) is 1.32. The van der Waals surface area contributed by atoms with Gasteiger partial charge in [0.05, 0.1) is 0 Å². The number of carbonyl (C=O) groups excluding carboxylic acids is 2. The summed E-state index contributed by atoms with van der Waals surface area (Å²) in [6.45, 7) is 6.84. The molecule has 172 valence electrons. The molecule has 0 bridgehead atoms. The first kappa shape index (κ1) is 21.7. The van der Waals surface area contributed by atoms with Crippen molar-refractivity contribution in [3.05, 3.63) is 36.0 Å². The van der Waals surface area contributed by atoms with E-state index in [0.717, 1.165) is 18.4 Å². The van der Waals surface area contributed by atoms with Gasteiger partial charge in [0.25, 0.3) is 0 Å². The Kier molecular flexibility index (Phi) is 5.22. The topological polar surface area (TPSA) is 62.3 Å². The molecule has 1 N–H and O–H groups in total. The van der Waals surface area contributed by atoms with Crippen molar-refractivity contribution >= 4 is 17.6 Å². The molecule has 0 spiro atoms. The van der Waals surface area contributed by atoms with E-state index >= 15 is 0 Å². The van der Waals surface area contributed by atoms with Gasteiger partial charge in [0.2, 0.25) is 11.8 Å². The summed E-state index contributed by atoms with van der Waals surface area (Å²) in [4.78, 5) is 31.5. The summed E-state index contributed by atoms with van der Waals surface area (Å²) in [7, 11) is 1.98. The number of hydrogen-bond acceptors (Lipinski definition) is 3. The average molecular weight is 436 g/mol. The van der Waals surface area contributed by atoms with Gasteiger partial charge in [-0.2, -0.15) is 0 Å². The highest BCUT2D eigenvalue weighted by Crippen LogP contribution is 2.65. The van der Waals surface area contributed by atoms with Crippen LogP contribution in [0.2, 0.25) is 0 Å². The molecule has 1 aromatic rings. The third-order valence-corrected chi connectivity index (χ3v) is 10.0. The lowest BCUT2D eigenvalue weighted by Crippen LogP contribution is -2.59. The van der Waals surface area contributed by atoms with Crippen LogP contribution in [-0.4, -0.2) is 34.8 Å². The quantitative estimate of drug-likeness (QED) is 0.729. The maximum absolute atomic E-state index is 12.9. The molecule has 1 aromatic heterocycles. The molecule has 5 rings (SSSR count). The molecule has 2 amide bonds. The van der Waals surface area contributed by atoms with Crippen molar-refractivity contribution in [3.8, 4) is 0 Å². The number of anilines is 1. The molecule has 0 aromatic carbocycles. The number of likely N-dealkylation sites (N-methyl/N-ethyl adjacent to an activating group) is 1. The van der Waals surface area contributed by atoms with Crippen molar-refractivity contribution in [2.45, 2.75) is 71.8 Å². The van der Waals surface area contributed by atoms with Gasteiger partial charge in [-0.25, -0.2) is 4.98 Å². The van der Waals surface area contributed by atoms with E-state index in [2.05, 4.69) is 30.2 Å². The summed E-state index contributed by atoms with van der Waals surface area (Å²) in [5.74, 6) is 3.41. The molecule has 0 saturated heterocycles.